The number of carbonyl (C=O) groups excluding carboxylic acids is 1. The lowest BCUT2D eigenvalue weighted by Gasteiger charge is -2.08. The van der Waals surface area contributed by atoms with Crippen molar-refractivity contribution in [1.82, 2.24) is 9.99 Å². The van der Waals surface area contributed by atoms with Crippen molar-refractivity contribution in [3.05, 3.63) is 106 Å². The van der Waals surface area contributed by atoms with Crippen LogP contribution < -0.4 is 5.43 Å². The topological polar surface area (TPSA) is 46.4 Å². The molecule has 0 atom stereocenters. The lowest BCUT2D eigenvalue weighted by molar-refractivity contribution is 0.0955. The van der Waals surface area contributed by atoms with Gasteiger partial charge >= 0.3 is 0 Å². The fraction of sp³-hybridized carbons (Fsp3) is 0.0833. The van der Waals surface area contributed by atoms with Gasteiger partial charge in [-0.15, -0.1) is 0 Å². The van der Waals surface area contributed by atoms with Crippen molar-refractivity contribution < 1.29 is 4.79 Å². The monoisotopic (exact) mass is 401 g/mol. The second kappa shape index (κ2) is 8.33. The zero-order chi connectivity index (χ0) is 20.2. The maximum atomic E-state index is 12.3. The van der Waals surface area contributed by atoms with Crippen LogP contribution in [0.2, 0.25) is 5.02 Å². The van der Waals surface area contributed by atoms with Gasteiger partial charge in [0, 0.05) is 39.3 Å². The Morgan fingerprint density at radius 3 is 2.45 bits per heavy atom. The summed E-state index contributed by atoms with van der Waals surface area (Å²) in [5, 5.41) is 5.89. The largest absolute Gasteiger partial charge is 0.340 e. The molecule has 1 amide bonds. The predicted molar refractivity (Wildman–Crippen MR) is 119 cm³/mol. The number of aromatic nitrogens is 1. The van der Waals surface area contributed by atoms with E-state index in [-0.39, 0.29) is 5.91 Å². The fourth-order valence-electron chi connectivity index (χ4n) is 3.41. The van der Waals surface area contributed by atoms with Crippen molar-refractivity contribution in [3.8, 4) is 0 Å². The molecule has 0 bridgehead atoms. The molecule has 0 saturated carbocycles. The van der Waals surface area contributed by atoms with Gasteiger partial charge in [-0.25, -0.2) is 5.43 Å². The van der Waals surface area contributed by atoms with Gasteiger partial charge in [0.1, 0.15) is 0 Å². The van der Waals surface area contributed by atoms with Gasteiger partial charge in [0.05, 0.1) is 6.21 Å². The second-order valence-electron chi connectivity index (χ2n) is 6.79. The van der Waals surface area contributed by atoms with E-state index < -0.39 is 0 Å². The molecule has 0 aliphatic heterocycles. The van der Waals surface area contributed by atoms with E-state index in [1.54, 1.807) is 30.5 Å². The van der Waals surface area contributed by atoms with E-state index in [4.69, 9.17) is 11.6 Å². The number of nitrogens with zero attached hydrogens (tertiary/aromatic N) is 2. The first-order valence-electron chi connectivity index (χ1n) is 9.34. The third-order valence-electron chi connectivity index (χ3n) is 4.93. The van der Waals surface area contributed by atoms with Crippen LogP contribution >= 0.6 is 11.6 Å². The first-order valence-corrected chi connectivity index (χ1v) is 9.72. The summed E-state index contributed by atoms with van der Waals surface area (Å²) < 4.78 is 2.27. The number of para-hydroxylation sites is 1. The third-order valence-corrected chi connectivity index (χ3v) is 5.18. The van der Waals surface area contributed by atoms with Crippen LogP contribution in [0.5, 0.6) is 0 Å². The molecule has 3 aromatic carbocycles. The highest BCUT2D eigenvalue weighted by Crippen LogP contribution is 2.25. The molecule has 5 heteroatoms. The van der Waals surface area contributed by atoms with Gasteiger partial charge in [-0.3, -0.25) is 4.79 Å². The van der Waals surface area contributed by atoms with E-state index in [2.05, 4.69) is 46.3 Å². The van der Waals surface area contributed by atoms with Crippen molar-refractivity contribution in [2.75, 3.05) is 0 Å². The number of carbonyl (C=O) groups is 1. The molecule has 4 rings (SSSR count). The Morgan fingerprint density at radius 1 is 1.00 bits per heavy atom. The van der Waals surface area contributed by atoms with Crippen LogP contribution in [0.15, 0.2) is 84.0 Å². The number of benzene rings is 3. The molecule has 0 saturated heterocycles. The first kappa shape index (κ1) is 19.0. The molecule has 4 aromatic rings. The van der Waals surface area contributed by atoms with Gasteiger partial charge in [-0.05, 0) is 42.8 Å². The highest BCUT2D eigenvalue weighted by atomic mass is 35.5. The molecular weight excluding hydrogens is 382 g/mol. The van der Waals surface area contributed by atoms with Crippen molar-refractivity contribution >= 4 is 34.6 Å². The highest BCUT2D eigenvalue weighted by Gasteiger charge is 2.13. The molecule has 29 heavy (non-hydrogen) atoms. The third kappa shape index (κ3) is 4.08. The number of hydrazone groups is 1. The Hall–Kier alpha value is -3.37. The van der Waals surface area contributed by atoms with Gasteiger partial charge in [-0.2, -0.15) is 5.10 Å². The zero-order valence-electron chi connectivity index (χ0n) is 16.0. The van der Waals surface area contributed by atoms with Gasteiger partial charge in [0.15, 0.2) is 0 Å². The molecule has 0 radical (unpaired) electrons. The van der Waals surface area contributed by atoms with Gasteiger partial charge in [-0.1, -0.05) is 60.1 Å². The molecule has 144 valence electrons. The second-order valence-corrected chi connectivity index (χ2v) is 7.23. The maximum Gasteiger partial charge on any atom is 0.271 e. The summed E-state index contributed by atoms with van der Waals surface area (Å²) in [5.41, 5.74) is 7.57. The van der Waals surface area contributed by atoms with Gasteiger partial charge in [0.2, 0.25) is 0 Å². The number of hydrogen-bond donors (Lipinski definition) is 1. The SMILES string of the molecule is Cc1c(/C=N\NC(=O)c2ccc(Cl)cc2)c2ccccc2n1Cc1ccccc1. The number of halogens is 1. The molecule has 1 heterocycles. The zero-order valence-corrected chi connectivity index (χ0v) is 16.7. The van der Waals surface area contributed by atoms with E-state index in [0.717, 1.165) is 28.7 Å². The Kier molecular flexibility index (Phi) is 5.45. The Morgan fingerprint density at radius 2 is 1.69 bits per heavy atom. The Bertz CT molecular complexity index is 1180. The summed E-state index contributed by atoms with van der Waals surface area (Å²) in [4.78, 5) is 12.3. The molecule has 0 aliphatic carbocycles. The molecule has 0 spiro atoms. The minimum Gasteiger partial charge on any atom is -0.340 e. The average Bonchev–Trinajstić information content (AvgIpc) is 3.01. The van der Waals surface area contributed by atoms with Crippen LogP contribution in [-0.4, -0.2) is 16.7 Å². The normalized spacial score (nSPS) is 11.2. The van der Waals surface area contributed by atoms with Gasteiger partial charge in [0.25, 0.3) is 5.91 Å². The number of hydrogen-bond acceptors (Lipinski definition) is 2. The smallest absolute Gasteiger partial charge is 0.271 e. The number of rotatable bonds is 5. The Labute approximate surface area is 174 Å². The summed E-state index contributed by atoms with van der Waals surface area (Å²) in [7, 11) is 0. The van der Waals surface area contributed by atoms with Crippen molar-refractivity contribution in [2.24, 2.45) is 5.10 Å². The lowest BCUT2D eigenvalue weighted by Crippen LogP contribution is -2.17. The quantitative estimate of drug-likeness (QED) is 0.352. The molecule has 1 N–H and O–H groups in total. The molecular formula is C24H20ClN3O. The van der Waals surface area contributed by atoms with Crippen LogP contribution in [0.3, 0.4) is 0 Å². The summed E-state index contributed by atoms with van der Waals surface area (Å²) in [6, 6.07) is 25.3. The average molecular weight is 402 g/mol. The van der Waals surface area contributed by atoms with Crippen molar-refractivity contribution in [2.45, 2.75) is 13.5 Å². The molecule has 0 fully saturated rings. The summed E-state index contributed by atoms with van der Waals surface area (Å²) in [5.74, 6) is -0.274. The van der Waals surface area contributed by atoms with Crippen molar-refractivity contribution in [1.29, 1.82) is 0 Å². The standard InChI is InChI=1S/C24H20ClN3O/c1-17-22(15-26-27-24(29)19-11-13-20(25)14-12-19)21-9-5-6-10-23(21)28(17)16-18-7-3-2-4-8-18/h2-15H,16H2,1H3,(H,27,29)/b26-15-. The van der Waals surface area contributed by atoms with E-state index in [9.17, 15) is 4.79 Å². The minimum absolute atomic E-state index is 0.274. The molecule has 4 nitrogen and oxygen atoms in total. The minimum atomic E-state index is -0.274. The number of fused-ring (bicyclic) bond motifs is 1. The molecule has 0 aliphatic rings. The lowest BCUT2D eigenvalue weighted by atomic mass is 10.1. The number of nitrogens with one attached hydrogen (secondary N) is 1. The summed E-state index contributed by atoms with van der Waals surface area (Å²) in [6.07, 6.45) is 1.72. The Balaban J connectivity index is 1.62. The van der Waals surface area contributed by atoms with Crippen LogP contribution in [0, 0.1) is 6.92 Å². The fourth-order valence-corrected chi connectivity index (χ4v) is 3.54. The van der Waals surface area contributed by atoms with E-state index in [1.165, 1.54) is 5.56 Å². The van der Waals surface area contributed by atoms with Crippen LogP contribution in [-0.2, 0) is 6.54 Å². The van der Waals surface area contributed by atoms with E-state index >= 15 is 0 Å². The summed E-state index contributed by atoms with van der Waals surface area (Å²) >= 11 is 5.87. The van der Waals surface area contributed by atoms with Crippen LogP contribution in [0.1, 0.15) is 27.2 Å². The predicted octanol–water partition coefficient (Wildman–Crippen LogP) is 5.42. The van der Waals surface area contributed by atoms with Crippen LogP contribution in [0.4, 0.5) is 0 Å². The first-order chi connectivity index (χ1) is 14.1. The van der Waals surface area contributed by atoms with Crippen LogP contribution in [0.25, 0.3) is 10.9 Å². The van der Waals surface area contributed by atoms with E-state index in [1.807, 2.05) is 30.3 Å². The van der Waals surface area contributed by atoms with Crippen molar-refractivity contribution in [3.63, 3.8) is 0 Å². The summed E-state index contributed by atoms with van der Waals surface area (Å²) in [6.45, 7) is 2.85. The van der Waals surface area contributed by atoms with E-state index in [0.29, 0.717) is 10.6 Å². The highest BCUT2D eigenvalue weighted by molar-refractivity contribution is 6.30. The molecule has 1 aromatic heterocycles. The number of amides is 1. The van der Waals surface area contributed by atoms with Gasteiger partial charge < -0.3 is 4.57 Å². The maximum absolute atomic E-state index is 12.3. The molecule has 0 unspecified atom stereocenters.